The fourth-order valence-corrected chi connectivity index (χ4v) is 3.11. The van der Waals surface area contributed by atoms with Gasteiger partial charge in [-0.15, -0.1) is 0 Å². The molecule has 0 radical (unpaired) electrons. The average molecular weight is 351 g/mol. The van der Waals surface area contributed by atoms with Crippen LogP contribution in [0.1, 0.15) is 19.3 Å². The molecule has 1 aromatic carbocycles. The predicted molar refractivity (Wildman–Crippen MR) is 77.2 cm³/mol. The molecule has 0 atom stereocenters. The normalized spacial score (nSPS) is 15.5. The van der Waals surface area contributed by atoms with Crippen molar-refractivity contribution in [1.29, 1.82) is 0 Å². The van der Waals surface area contributed by atoms with Gasteiger partial charge in [0, 0.05) is 10.5 Å². The van der Waals surface area contributed by atoms with E-state index in [0.29, 0.717) is 23.5 Å². The Labute approximate surface area is 121 Å². The van der Waals surface area contributed by atoms with Gasteiger partial charge in [-0.3, -0.25) is 4.72 Å². The quantitative estimate of drug-likeness (QED) is 0.742. The third-order valence-corrected chi connectivity index (χ3v) is 4.65. The Morgan fingerprint density at radius 1 is 1.37 bits per heavy atom. The number of rotatable bonds is 7. The minimum atomic E-state index is -3.49. The zero-order valence-corrected chi connectivity index (χ0v) is 12.7. The van der Waals surface area contributed by atoms with Crippen LogP contribution in [0.3, 0.4) is 0 Å². The predicted octanol–water partition coefficient (Wildman–Crippen LogP) is 2.47. The third kappa shape index (κ3) is 5.08. The summed E-state index contributed by atoms with van der Waals surface area (Å²) in [5.41, 5.74) is -0.0154. The fraction of sp³-hybridized carbons (Fsp3) is 0.500. The molecule has 0 heterocycles. The third-order valence-electron chi connectivity index (χ3n) is 2.80. The van der Waals surface area contributed by atoms with Crippen molar-refractivity contribution in [3.8, 4) is 0 Å². The molecule has 19 heavy (non-hydrogen) atoms. The Morgan fingerprint density at radius 2 is 2.11 bits per heavy atom. The highest BCUT2D eigenvalue weighted by molar-refractivity contribution is 9.10. The van der Waals surface area contributed by atoms with Gasteiger partial charge >= 0.3 is 0 Å². The largest absolute Gasteiger partial charge is 0.314 e. The molecular weight excluding hydrogens is 335 g/mol. The van der Waals surface area contributed by atoms with Crippen LogP contribution in [-0.4, -0.2) is 26.8 Å². The zero-order valence-electron chi connectivity index (χ0n) is 10.3. The Balaban J connectivity index is 1.84. The summed E-state index contributed by atoms with van der Waals surface area (Å²) in [7, 11) is -3.49. The second-order valence-electron chi connectivity index (χ2n) is 4.63. The molecule has 0 spiro atoms. The number of nitrogens with one attached hydrogen (secondary N) is 2. The maximum absolute atomic E-state index is 13.5. The molecule has 106 valence electrons. The molecule has 1 aliphatic carbocycles. The van der Waals surface area contributed by atoms with Gasteiger partial charge in [-0.25, -0.2) is 12.8 Å². The molecule has 1 aromatic rings. The highest BCUT2D eigenvalue weighted by atomic mass is 79.9. The first kappa shape index (κ1) is 14.7. The minimum absolute atomic E-state index is 0.0117. The first-order chi connectivity index (χ1) is 8.96. The van der Waals surface area contributed by atoms with E-state index in [1.165, 1.54) is 25.0 Å². The number of hydrogen-bond acceptors (Lipinski definition) is 3. The lowest BCUT2D eigenvalue weighted by Crippen LogP contribution is -2.23. The van der Waals surface area contributed by atoms with Crippen LogP contribution in [0, 0.1) is 5.82 Å². The Bertz CT molecular complexity index is 547. The first-order valence-electron chi connectivity index (χ1n) is 6.15. The van der Waals surface area contributed by atoms with Gasteiger partial charge in [-0.2, -0.15) is 0 Å². The van der Waals surface area contributed by atoms with Gasteiger partial charge in [-0.1, -0.05) is 15.9 Å². The van der Waals surface area contributed by atoms with Crippen LogP contribution in [-0.2, 0) is 10.0 Å². The molecule has 1 aliphatic rings. The number of sulfonamides is 1. The lowest BCUT2D eigenvalue weighted by molar-refractivity contribution is 0.591. The number of benzene rings is 1. The van der Waals surface area contributed by atoms with Gasteiger partial charge in [0.25, 0.3) is 0 Å². The minimum Gasteiger partial charge on any atom is -0.314 e. The molecule has 7 heteroatoms. The van der Waals surface area contributed by atoms with Crippen LogP contribution in [0.4, 0.5) is 10.1 Å². The average Bonchev–Trinajstić information content (AvgIpc) is 3.12. The summed E-state index contributed by atoms with van der Waals surface area (Å²) in [6.07, 6.45) is 2.87. The molecule has 2 N–H and O–H groups in total. The molecule has 0 saturated heterocycles. The second-order valence-corrected chi connectivity index (χ2v) is 7.38. The van der Waals surface area contributed by atoms with Crippen LogP contribution < -0.4 is 10.0 Å². The standard InChI is InChI=1S/C12H16BrFN2O2S/c13-9-2-5-12(11(14)8-9)16-19(17,18)7-1-6-15-10-3-4-10/h2,5,8,10,15-16H,1,3-4,6-7H2. The van der Waals surface area contributed by atoms with E-state index < -0.39 is 15.8 Å². The van der Waals surface area contributed by atoms with Gasteiger partial charge in [-0.05, 0) is 44.0 Å². The van der Waals surface area contributed by atoms with E-state index >= 15 is 0 Å². The van der Waals surface area contributed by atoms with Crippen molar-refractivity contribution in [2.45, 2.75) is 25.3 Å². The summed E-state index contributed by atoms with van der Waals surface area (Å²) in [4.78, 5) is 0. The lowest BCUT2D eigenvalue weighted by atomic mass is 10.3. The van der Waals surface area contributed by atoms with Crippen molar-refractivity contribution in [1.82, 2.24) is 5.32 Å². The van der Waals surface area contributed by atoms with Gasteiger partial charge in [0.05, 0.1) is 11.4 Å². The summed E-state index contributed by atoms with van der Waals surface area (Å²) in [6.45, 7) is 0.675. The van der Waals surface area contributed by atoms with Gasteiger partial charge in [0.15, 0.2) is 0 Å². The van der Waals surface area contributed by atoms with Crippen molar-refractivity contribution in [2.75, 3.05) is 17.0 Å². The van der Waals surface area contributed by atoms with E-state index in [1.807, 2.05) is 0 Å². The van der Waals surface area contributed by atoms with Crippen molar-refractivity contribution in [3.63, 3.8) is 0 Å². The van der Waals surface area contributed by atoms with E-state index in [1.54, 1.807) is 6.07 Å². The lowest BCUT2D eigenvalue weighted by Gasteiger charge is -2.09. The Kier molecular flexibility index (Phi) is 4.81. The fourth-order valence-electron chi connectivity index (χ4n) is 1.65. The summed E-state index contributed by atoms with van der Waals surface area (Å²) in [6, 6.07) is 4.79. The Hall–Kier alpha value is -0.660. The Morgan fingerprint density at radius 3 is 2.74 bits per heavy atom. The van der Waals surface area contributed by atoms with Gasteiger partial charge in [0.2, 0.25) is 10.0 Å². The summed E-state index contributed by atoms with van der Waals surface area (Å²) in [5.74, 6) is -0.601. The summed E-state index contributed by atoms with van der Waals surface area (Å²) >= 11 is 3.12. The van der Waals surface area contributed by atoms with E-state index in [2.05, 4.69) is 26.0 Å². The molecule has 0 bridgehead atoms. The summed E-state index contributed by atoms with van der Waals surface area (Å²) < 4.78 is 39.9. The van der Waals surface area contributed by atoms with Crippen molar-refractivity contribution < 1.29 is 12.8 Å². The molecule has 1 fully saturated rings. The van der Waals surface area contributed by atoms with E-state index in [0.717, 1.165) is 0 Å². The monoisotopic (exact) mass is 350 g/mol. The molecule has 0 aliphatic heterocycles. The second kappa shape index (κ2) is 6.19. The van der Waals surface area contributed by atoms with Crippen LogP contribution in [0.15, 0.2) is 22.7 Å². The van der Waals surface area contributed by atoms with Crippen LogP contribution >= 0.6 is 15.9 Å². The smallest absolute Gasteiger partial charge is 0.232 e. The number of halogens is 2. The van der Waals surface area contributed by atoms with Crippen LogP contribution in [0.5, 0.6) is 0 Å². The number of anilines is 1. The van der Waals surface area contributed by atoms with Gasteiger partial charge in [0.1, 0.15) is 5.82 Å². The maximum Gasteiger partial charge on any atom is 0.232 e. The van der Waals surface area contributed by atoms with Crippen molar-refractivity contribution >= 4 is 31.6 Å². The highest BCUT2D eigenvalue weighted by Gasteiger charge is 2.20. The molecule has 0 amide bonds. The SMILES string of the molecule is O=S(=O)(CCCNC1CC1)Nc1ccc(Br)cc1F. The highest BCUT2D eigenvalue weighted by Crippen LogP contribution is 2.21. The van der Waals surface area contributed by atoms with Gasteiger partial charge < -0.3 is 5.32 Å². The number of hydrogen-bond donors (Lipinski definition) is 2. The molecule has 0 aromatic heterocycles. The maximum atomic E-state index is 13.5. The van der Waals surface area contributed by atoms with Crippen molar-refractivity contribution in [2.24, 2.45) is 0 Å². The van der Waals surface area contributed by atoms with E-state index in [-0.39, 0.29) is 11.4 Å². The first-order valence-corrected chi connectivity index (χ1v) is 8.60. The molecular formula is C12H16BrFN2O2S. The van der Waals surface area contributed by atoms with Crippen LogP contribution in [0.25, 0.3) is 0 Å². The van der Waals surface area contributed by atoms with E-state index in [9.17, 15) is 12.8 Å². The van der Waals surface area contributed by atoms with Crippen molar-refractivity contribution in [3.05, 3.63) is 28.5 Å². The molecule has 0 unspecified atom stereocenters. The molecule has 2 rings (SSSR count). The zero-order chi connectivity index (χ0) is 13.9. The van der Waals surface area contributed by atoms with Crippen LogP contribution in [0.2, 0.25) is 0 Å². The van der Waals surface area contributed by atoms with E-state index in [4.69, 9.17) is 0 Å². The molecule has 4 nitrogen and oxygen atoms in total. The summed E-state index contributed by atoms with van der Waals surface area (Å²) in [5, 5.41) is 3.24. The molecule has 1 saturated carbocycles. The topological polar surface area (TPSA) is 58.2 Å².